The van der Waals surface area contributed by atoms with Crippen LogP contribution >= 0.6 is 36.6 Å². The number of aromatic nitrogens is 1. The van der Waals surface area contributed by atoms with Crippen molar-refractivity contribution in [2.24, 2.45) is 5.41 Å². The van der Waals surface area contributed by atoms with E-state index < -0.39 is 11.7 Å². The second-order valence-electron chi connectivity index (χ2n) is 10.1. The van der Waals surface area contributed by atoms with Gasteiger partial charge >= 0.3 is 6.18 Å². The molecule has 2 heterocycles. The molecule has 0 atom stereocenters. The zero-order chi connectivity index (χ0) is 26.8. The first-order valence-corrected chi connectivity index (χ1v) is 14.0. The summed E-state index contributed by atoms with van der Waals surface area (Å²) in [5, 5.41) is 5.54. The highest BCUT2D eigenvalue weighted by atomic mass is 32.2. The predicted octanol–water partition coefficient (Wildman–Crippen LogP) is 7.47. The summed E-state index contributed by atoms with van der Waals surface area (Å²) in [7, 11) is 0. The minimum Gasteiger partial charge on any atom is -0.320 e. The van der Waals surface area contributed by atoms with Crippen LogP contribution in [0.5, 0.6) is 0 Å². The minimum absolute atomic E-state index is 0.00367. The summed E-state index contributed by atoms with van der Waals surface area (Å²) < 4.78 is 39.6. The Hall–Kier alpha value is -2.01. The number of piperidine rings is 1. The molecule has 1 saturated heterocycles. The van der Waals surface area contributed by atoms with Gasteiger partial charge in [-0.05, 0) is 55.1 Å². The molecule has 0 bridgehead atoms. The number of thiol groups is 2. The quantitative estimate of drug-likeness (QED) is 0.206. The molecule has 0 spiro atoms. The van der Waals surface area contributed by atoms with Gasteiger partial charge in [-0.3, -0.25) is 4.79 Å². The maximum atomic E-state index is 13.2. The van der Waals surface area contributed by atoms with Crippen molar-refractivity contribution in [1.29, 1.82) is 0 Å². The van der Waals surface area contributed by atoms with Gasteiger partial charge in [0.2, 0.25) is 0 Å². The van der Waals surface area contributed by atoms with E-state index in [1.54, 1.807) is 35.7 Å². The molecule has 0 radical (unpaired) electrons. The Morgan fingerprint density at radius 1 is 1.14 bits per heavy atom. The summed E-state index contributed by atoms with van der Waals surface area (Å²) in [5.74, 6) is -0.0826. The van der Waals surface area contributed by atoms with Gasteiger partial charge in [0.05, 0.1) is 15.2 Å². The molecule has 1 amide bonds. The zero-order valence-electron chi connectivity index (χ0n) is 20.6. The first kappa shape index (κ1) is 28.0. The number of nitrogens with zero attached hydrogens (tertiary/aromatic N) is 2. The van der Waals surface area contributed by atoms with Gasteiger partial charge in [-0.2, -0.15) is 38.4 Å². The topological polar surface area (TPSA) is 45.2 Å². The number of nitrogens with one attached hydrogen (secondary N) is 1. The molecule has 1 aliphatic rings. The molecule has 4 nitrogen and oxygen atoms in total. The number of hydrogen-bond donors (Lipinski definition) is 3. The van der Waals surface area contributed by atoms with Crippen LogP contribution < -0.4 is 5.32 Å². The molecule has 2 aromatic carbocycles. The monoisotopic (exact) mass is 565 g/mol. The summed E-state index contributed by atoms with van der Waals surface area (Å²) >= 11 is 10.5. The lowest BCUT2D eigenvalue weighted by Crippen LogP contribution is -2.41. The van der Waals surface area contributed by atoms with Gasteiger partial charge in [0, 0.05) is 29.1 Å². The molecule has 198 valence electrons. The van der Waals surface area contributed by atoms with Crippen molar-refractivity contribution < 1.29 is 18.0 Å². The highest BCUT2D eigenvalue weighted by Gasteiger charge is 2.31. The van der Waals surface area contributed by atoms with Gasteiger partial charge < -0.3 is 10.2 Å². The minimum atomic E-state index is -4.45. The van der Waals surface area contributed by atoms with E-state index in [0.29, 0.717) is 28.4 Å². The Kier molecular flexibility index (Phi) is 8.62. The van der Waals surface area contributed by atoms with Crippen molar-refractivity contribution in [3.8, 4) is 11.1 Å². The summed E-state index contributed by atoms with van der Waals surface area (Å²) in [6.07, 6.45) is -2.52. The highest BCUT2D eigenvalue weighted by Crippen LogP contribution is 2.36. The van der Waals surface area contributed by atoms with Crippen molar-refractivity contribution >= 4 is 48.2 Å². The van der Waals surface area contributed by atoms with Crippen LogP contribution in [-0.2, 0) is 6.18 Å². The van der Waals surface area contributed by atoms with Crippen LogP contribution in [0.25, 0.3) is 11.1 Å². The standard InChI is InChI=1S/C27H30F3N3OS3/c1-26(2,25(35)36)16-33-12-10-17(11-13-33)24-32-22(15-37-24)23(34)31-21-9-4-3-8-20(21)18-6-5-7-19(14-18)27(28,29)30/h3-9,14-15,17,25,35-36H,10-13,16H2,1-2H3,(H,31,34). The van der Waals surface area contributed by atoms with Gasteiger partial charge in [-0.25, -0.2) is 4.98 Å². The number of amides is 1. The number of hydrogen-bond acceptors (Lipinski definition) is 6. The van der Waals surface area contributed by atoms with Crippen LogP contribution in [-0.4, -0.2) is 40.0 Å². The molecule has 1 fully saturated rings. The number of carbonyl (C=O) groups excluding carboxylic acids is 1. The van der Waals surface area contributed by atoms with Crippen molar-refractivity contribution in [3.05, 3.63) is 70.2 Å². The Balaban J connectivity index is 1.42. The molecule has 1 N–H and O–H groups in total. The third kappa shape index (κ3) is 6.90. The number of halogens is 3. The van der Waals surface area contributed by atoms with Crippen LogP contribution in [0.1, 0.15) is 53.7 Å². The Labute approximate surface area is 230 Å². The number of thiazole rings is 1. The van der Waals surface area contributed by atoms with Gasteiger partial charge in [-0.1, -0.05) is 44.2 Å². The van der Waals surface area contributed by atoms with Gasteiger partial charge in [-0.15, -0.1) is 11.3 Å². The molecule has 0 unspecified atom stereocenters. The van der Waals surface area contributed by atoms with E-state index in [1.807, 2.05) is 0 Å². The van der Waals surface area contributed by atoms with E-state index in [0.717, 1.165) is 49.6 Å². The second-order valence-corrected chi connectivity index (χ2v) is 12.4. The van der Waals surface area contributed by atoms with E-state index in [-0.39, 0.29) is 15.9 Å². The lowest BCUT2D eigenvalue weighted by Gasteiger charge is -2.38. The molecular formula is C27H30F3N3OS3. The normalized spacial score (nSPS) is 15.8. The molecule has 1 aromatic heterocycles. The number of para-hydroxylation sites is 1. The number of rotatable bonds is 7. The maximum Gasteiger partial charge on any atom is 0.416 e. The van der Waals surface area contributed by atoms with E-state index in [1.165, 1.54) is 17.4 Å². The Bertz CT molecular complexity index is 1230. The van der Waals surface area contributed by atoms with Crippen molar-refractivity contribution in [2.45, 2.75) is 43.4 Å². The van der Waals surface area contributed by atoms with E-state index in [2.05, 4.69) is 54.3 Å². The number of likely N-dealkylation sites (tertiary alicyclic amines) is 1. The fraction of sp³-hybridized carbons (Fsp3) is 0.407. The SMILES string of the molecule is CC(C)(CN1CCC(c2nc(C(=O)Nc3ccccc3-c3cccc(C(F)(F)F)c3)cs2)CC1)C(S)S. The van der Waals surface area contributed by atoms with Crippen LogP contribution in [0.4, 0.5) is 18.9 Å². The molecule has 4 rings (SSSR count). The molecule has 0 aliphatic carbocycles. The summed E-state index contributed by atoms with van der Waals surface area (Å²) in [6.45, 7) is 7.16. The number of benzene rings is 2. The van der Waals surface area contributed by atoms with Crippen molar-refractivity contribution in [1.82, 2.24) is 9.88 Å². The fourth-order valence-corrected chi connectivity index (χ4v) is 5.60. The van der Waals surface area contributed by atoms with Crippen molar-refractivity contribution in [3.63, 3.8) is 0 Å². The van der Waals surface area contributed by atoms with Crippen molar-refractivity contribution in [2.75, 3.05) is 25.0 Å². The molecule has 3 aromatic rings. The average molecular weight is 566 g/mol. The smallest absolute Gasteiger partial charge is 0.320 e. The van der Waals surface area contributed by atoms with E-state index in [9.17, 15) is 18.0 Å². The Morgan fingerprint density at radius 3 is 2.51 bits per heavy atom. The highest BCUT2D eigenvalue weighted by molar-refractivity contribution is 7.99. The summed E-state index contributed by atoms with van der Waals surface area (Å²) in [4.78, 5) is 20.1. The molecular weight excluding hydrogens is 536 g/mol. The average Bonchev–Trinajstić information content (AvgIpc) is 3.35. The van der Waals surface area contributed by atoms with Gasteiger partial charge in [0.1, 0.15) is 5.69 Å². The summed E-state index contributed by atoms with van der Waals surface area (Å²) in [6, 6.07) is 11.9. The second kappa shape index (κ2) is 11.4. The predicted molar refractivity (Wildman–Crippen MR) is 151 cm³/mol. The summed E-state index contributed by atoms with van der Waals surface area (Å²) in [5.41, 5.74) is 0.898. The molecule has 0 saturated carbocycles. The number of alkyl halides is 3. The van der Waals surface area contributed by atoms with Gasteiger partial charge in [0.15, 0.2) is 0 Å². The van der Waals surface area contributed by atoms with Crippen LogP contribution in [0.15, 0.2) is 53.9 Å². The lowest BCUT2D eigenvalue weighted by atomic mass is 9.91. The lowest BCUT2D eigenvalue weighted by molar-refractivity contribution is -0.137. The first-order valence-electron chi connectivity index (χ1n) is 12.1. The van der Waals surface area contributed by atoms with E-state index >= 15 is 0 Å². The van der Waals surface area contributed by atoms with Crippen LogP contribution in [0.2, 0.25) is 0 Å². The van der Waals surface area contributed by atoms with E-state index in [4.69, 9.17) is 0 Å². The zero-order valence-corrected chi connectivity index (χ0v) is 23.2. The van der Waals surface area contributed by atoms with Crippen LogP contribution in [0, 0.1) is 5.41 Å². The van der Waals surface area contributed by atoms with Gasteiger partial charge in [0.25, 0.3) is 5.91 Å². The Morgan fingerprint density at radius 2 is 1.84 bits per heavy atom. The number of carbonyl (C=O) groups is 1. The largest absolute Gasteiger partial charge is 0.416 e. The molecule has 1 aliphatic heterocycles. The third-order valence-electron chi connectivity index (χ3n) is 6.70. The third-order valence-corrected chi connectivity index (χ3v) is 9.10. The fourth-order valence-electron chi connectivity index (χ4n) is 4.47. The molecule has 37 heavy (non-hydrogen) atoms. The number of anilines is 1. The maximum absolute atomic E-state index is 13.2. The van der Waals surface area contributed by atoms with Crippen LogP contribution in [0.3, 0.4) is 0 Å². The molecule has 10 heteroatoms. The first-order chi connectivity index (χ1) is 17.4.